The molecule has 1 atom stereocenters. The highest BCUT2D eigenvalue weighted by Crippen LogP contribution is 2.23. The number of aliphatic hydroxyl groups excluding tert-OH is 1. The normalized spacial score (nSPS) is 12.6. The van der Waals surface area contributed by atoms with Crippen LogP contribution in [0, 0.1) is 0 Å². The Morgan fingerprint density at radius 3 is 2.62 bits per heavy atom. The van der Waals surface area contributed by atoms with Crippen LogP contribution < -0.4 is 0 Å². The Morgan fingerprint density at radius 2 is 2.06 bits per heavy atom. The van der Waals surface area contributed by atoms with Crippen molar-refractivity contribution in [1.29, 1.82) is 0 Å². The van der Waals surface area contributed by atoms with E-state index in [2.05, 4.69) is 4.98 Å². The predicted molar refractivity (Wildman–Crippen MR) is 67.1 cm³/mol. The van der Waals surface area contributed by atoms with Gasteiger partial charge >= 0.3 is 0 Å². The maximum absolute atomic E-state index is 9.39. The summed E-state index contributed by atoms with van der Waals surface area (Å²) in [6, 6.07) is 7.61. The fraction of sp³-hybridized carbons (Fsp3) is 0.250. The molecular weight excluding hydrogens is 242 g/mol. The molecule has 0 aliphatic rings. The molecule has 0 bridgehead atoms. The summed E-state index contributed by atoms with van der Waals surface area (Å²) in [5.41, 5.74) is 1.10. The Bertz CT molecular complexity index is 427. The molecule has 1 unspecified atom stereocenters. The molecule has 1 N–H and O–H groups in total. The van der Waals surface area contributed by atoms with Crippen molar-refractivity contribution in [3.05, 3.63) is 51.4 Å². The van der Waals surface area contributed by atoms with E-state index in [0.717, 1.165) is 22.0 Å². The van der Waals surface area contributed by atoms with Crippen LogP contribution in [0.2, 0.25) is 5.02 Å². The molecule has 1 aromatic carbocycles. The SMILES string of the molecule is OCC(Cc1nccs1)c1ccc(Cl)cc1. The molecular formula is C12H12ClNOS. The van der Waals surface area contributed by atoms with Crippen LogP contribution in [-0.2, 0) is 6.42 Å². The first-order chi connectivity index (χ1) is 7.79. The van der Waals surface area contributed by atoms with Crippen molar-refractivity contribution >= 4 is 22.9 Å². The van der Waals surface area contributed by atoms with Gasteiger partial charge in [0.15, 0.2) is 0 Å². The molecule has 0 saturated heterocycles. The summed E-state index contributed by atoms with van der Waals surface area (Å²) in [7, 11) is 0. The van der Waals surface area contributed by atoms with E-state index in [-0.39, 0.29) is 12.5 Å². The van der Waals surface area contributed by atoms with Crippen LogP contribution in [0.1, 0.15) is 16.5 Å². The van der Waals surface area contributed by atoms with Crippen molar-refractivity contribution in [3.8, 4) is 0 Å². The monoisotopic (exact) mass is 253 g/mol. The molecule has 2 aromatic rings. The van der Waals surface area contributed by atoms with Crippen LogP contribution in [0.3, 0.4) is 0 Å². The minimum Gasteiger partial charge on any atom is -0.396 e. The van der Waals surface area contributed by atoms with E-state index in [1.54, 1.807) is 17.5 Å². The van der Waals surface area contributed by atoms with Gasteiger partial charge in [-0.1, -0.05) is 23.7 Å². The van der Waals surface area contributed by atoms with Crippen LogP contribution in [0.25, 0.3) is 0 Å². The first kappa shape index (κ1) is 11.6. The smallest absolute Gasteiger partial charge is 0.0931 e. The van der Waals surface area contributed by atoms with E-state index in [1.807, 2.05) is 29.6 Å². The van der Waals surface area contributed by atoms with Gasteiger partial charge in [0.25, 0.3) is 0 Å². The van der Waals surface area contributed by atoms with Crippen molar-refractivity contribution in [2.75, 3.05) is 6.61 Å². The summed E-state index contributed by atoms with van der Waals surface area (Å²) < 4.78 is 0. The molecule has 84 valence electrons. The molecule has 1 heterocycles. The van der Waals surface area contributed by atoms with Crippen molar-refractivity contribution in [2.24, 2.45) is 0 Å². The predicted octanol–water partition coefficient (Wildman–Crippen LogP) is 3.12. The van der Waals surface area contributed by atoms with Gasteiger partial charge in [0.2, 0.25) is 0 Å². The van der Waals surface area contributed by atoms with Crippen molar-refractivity contribution in [3.63, 3.8) is 0 Å². The first-order valence-corrected chi connectivity index (χ1v) is 6.30. The van der Waals surface area contributed by atoms with E-state index in [0.29, 0.717) is 0 Å². The van der Waals surface area contributed by atoms with Gasteiger partial charge in [-0.15, -0.1) is 11.3 Å². The van der Waals surface area contributed by atoms with Crippen LogP contribution in [0.5, 0.6) is 0 Å². The highest BCUT2D eigenvalue weighted by Gasteiger charge is 2.12. The molecule has 0 spiro atoms. The lowest BCUT2D eigenvalue weighted by molar-refractivity contribution is 0.264. The highest BCUT2D eigenvalue weighted by atomic mass is 35.5. The fourth-order valence-electron chi connectivity index (χ4n) is 1.59. The number of aromatic nitrogens is 1. The van der Waals surface area contributed by atoms with E-state index in [4.69, 9.17) is 11.6 Å². The molecule has 0 fully saturated rings. The molecule has 0 aliphatic heterocycles. The maximum Gasteiger partial charge on any atom is 0.0931 e. The Hall–Kier alpha value is -0.900. The van der Waals surface area contributed by atoms with E-state index < -0.39 is 0 Å². The highest BCUT2D eigenvalue weighted by molar-refractivity contribution is 7.09. The summed E-state index contributed by atoms with van der Waals surface area (Å²) >= 11 is 7.45. The standard InChI is InChI=1S/C12H12ClNOS/c13-11-3-1-9(2-4-11)10(8-15)7-12-14-5-6-16-12/h1-6,10,15H,7-8H2. The van der Waals surface area contributed by atoms with Gasteiger partial charge < -0.3 is 5.11 Å². The van der Waals surface area contributed by atoms with Gasteiger partial charge in [-0.3, -0.25) is 0 Å². The van der Waals surface area contributed by atoms with Gasteiger partial charge in [0.1, 0.15) is 0 Å². The van der Waals surface area contributed by atoms with Gasteiger partial charge in [-0.2, -0.15) is 0 Å². The minimum atomic E-state index is 0.100. The number of thiazole rings is 1. The third-order valence-corrected chi connectivity index (χ3v) is 3.52. The van der Waals surface area contributed by atoms with Crippen LogP contribution in [0.4, 0.5) is 0 Å². The zero-order valence-corrected chi connectivity index (χ0v) is 10.2. The summed E-state index contributed by atoms with van der Waals surface area (Å²) in [5, 5.41) is 13.1. The number of halogens is 1. The lowest BCUT2D eigenvalue weighted by atomic mass is 9.97. The Kier molecular flexibility index (Phi) is 3.93. The van der Waals surface area contributed by atoms with Crippen LogP contribution in [-0.4, -0.2) is 16.7 Å². The third-order valence-electron chi connectivity index (χ3n) is 2.47. The molecule has 1 aromatic heterocycles. The number of hydrogen-bond donors (Lipinski definition) is 1. The van der Waals surface area contributed by atoms with Gasteiger partial charge in [0.05, 0.1) is 11.6 Å². The number of benzene rings is 1. The molecule has 0 radical (unpaired) electrons. The Labute approximate surface area is 104 Å². The topological polar surface area (TPSA) is 33.1 Å². The van der Waals surface area contributed by atoms with Gasteiger partial charge in [-0.25, -0.2) is 4.98 Å². The maximum atomic E-state index is 9.39. The van der Waals surface area contributed by atoms with Crippen molar-refractivity contribution in [1.82, 2.24) is 4.98 Å². The lowest BCUT2D eigenvalue weighted by Crippen LogP contribution is -2.07. The quantitative estimate of drug-likeness (QED) is 0.908. The average molecular weight is 254 g/mol. The summed E-state index contributed by atoms with van der Waals surface area (Å²) in [4.78, 5) is 4.23. The largest absolute Gasteiger partial charge is 0.396 e. The van der Waals surface area contributed by atoms with Crippen LogP contribution >= 0.6 is 22.9 Å². The average Bonchev–Trinajstić information content (AvgIpc) is 2.80. The summed E-state index contributed by atoms with van der Waals surface area (Å²) in [6.45, 7) is 0.126. The van der Waals surface area contributed by atoms with E-state index in [1.165, 1.54) is 0 Å². The summed E-state index contributed by atoms with van der Waals surface area (Å²) in [5.74, 6) is 0.100. The lowest BCUT2D eigenvalue weighted by Gasteiger charge is -2.12. The molecule has 4 heteroatoms. The van der Waals surface area contributed by atoms with Crippen molar-refractivity contribution in [2.45, 2.75) is 12.3 Å². The molecule has 2 rings (SSSR count). The molecule has 0 amide bonds. The second kappa shape index (κ2) is 5.43. The van der Waals surface area contributed by atoms with Crippen molar-refractivity contribution < 1.29 is 5.11 Å². The molecule has 0 aliphatic carbocycles. The van der Waals surface area contributed by atoms with Crippen LogP contribution in [0.15, 0.2) is 35.8 Å². The van der Waals surface area contributed by atoms with E-state index in [9.17, 15) is 5.11 Å². The van der Waals surface area contributed by atoms with Gasteiger partial charge in [-0.05, 0) is 17.7 Å². The Balaban J connectivity index is 2.13. The number of hydrogen-bond acceptors (Lipinski definition) is 3. The molecule has 2 nitrogen and oxygen atoms in total. The Morgan fingerprint density at radius 1 is 1.31 bits per heavy atom. The number of nitrogens with zero attached hydrogens (tertiary/aromatic N) is 1. The molecule has 16 heavy (non-hydrogen) atoms. The fourth-order valence-corrected chi connectivity index (χ4v) is 2.41. The van der Waals surface area contributed by atoms with Gasteiger partial charge in [0, 0.05) is 28.9 Å². The summed E-state index contributed by atoms with van der Waals surface area (Å²) in [6.07, 6.45) is 2.56. The second-order valence-corrected chi connectivity index (χ2v) is 4.98. The molecule has 0 saturated carbocycles. The third kappa shape index (κ3) is 2.82. The second-order valence-electron chi connectivity index (χ2n) is 3.56. The van der Waals surface area contributed by atoms with E-state index >= 15 is 0 Å². The number of aliphatic hydroxyl groups is 1. The number of rotatable bonds is 4. The minimum absolute atomic E-state index is 0.100. The zero-order chi connectivity index (χ0) is 11.4. The first-order valence-electron chi connectivity index (χ1n) is 5.04. The zero-order valence-electron chi connectivity index (χ0n) is 8.64.